The molecule has 1 atom stereocenters. The largest absolute Gasteiger partial charge is 0.437 e. The summed E-state index contributed by atoms with van der Waals surface area (Å²) in [6.45, 7) is 1.42. The van der Waals surface area contributed by atoms with Gasteiger partial charge in [0.1, 0.15) is 12.4 Å². The molecule has 0 saturated heterocycles. The zero-order valence-electron chi connectivity index (χ0n) is 14.1. The highest BCUT2D eigenvalue weighted by Gasteiger charge is 2.17. The number of nitrogens with zero attached hydrogens (tertiary/aromatic N) is 2. The number of hydrogen-bond acceptors (Lipinski definition) is 4. The second kappa shape index (κ2) is 7.94. The fraction of sp³-hybridized carbons (Fsp3) is 0.167. The molecule has 27 heavy (non-hydrogen) atoms. The number of carbonyl (C=O) groups is 1. The third kappa shape index (κ3) is 4.56. The van der Waals surface area contributed by atoms with Crippen LogP contribution in [0.3, 0.4) is 0 Å². The van der Waals surface area contributed by atoms with Crippen LogP contribution in [-0.2, 0) is 11.3 Å². The summed E-state index contributed by atoms with van der Waals surface area (Å²) in [5, 5.41) is 7.61. The molecular weight excluding hydrogens is 396 g/mol. The maximum absolute atomic E-state index is 13.0. The van der Waals surface area contributed by atoms with Crippen LogP contribution in [0.25, 0.3) is 11.5 Å². The van der Waals surface area contributed by atoms with Crippen LogP contribution in [-0.4, -0.2) is 15.7 Å². The molecule has 9 heteroatoms. The summed E-state index contributed by atoms with van der Waals surface area (Å²) < 4.78 is 18.9. The Morgan fingerprint density at radius 3 is 2.63 bits per heavy atom. The zero-order valence-corrected chi connectivity index (χ0v) is 15.6. The molecule has 1 N–H and O–H groups in total. The Balaban J connectivity index is 1.71. The van der Waals surface area contributed by atoms with Crippen molar-refractivity contribution < 1.29 is 13.6 Å². The van der Waals surface area contributed by atoms with Crippen molar-refractivity contribution in [2.24, 2.45) is 0 Å². The quantitative estimate of drug-likeness (QED) is 0.694. The number of halogens is 3. The van der Waals surface area contributed by atoms with Crippen molar-refractivity contribution in [3.8, 4) is 11.5 Å². The van der Waals surface area contributed by atoms with E-state index in [-0.39, 0.29) is 12.4 Å². The van der Waals surface area contributed by atoms with Crippen LogP contribution < -0.4 is 11.1 Å². The highest BCUT2D eigenvalue weighted by molar-refractivity contribution is 6.35. The van der Waals surface area contributed by atoms with E-state index in [1.807, 2.05) is 0 Å². The fourth-order valence-corrected chi connectivity index (χ4v) is 3.04. The predicted molar refractivity (Wildman–Crippen MR) is 99.2 cm³/mol. The van der Waals surface area contributed by atoms with Crippen LogP contribution in [0, 0.1) is 5.82 Å². The topological polar surface area (TPSA) is 77.1 Å². The highest BCUT2D eigenvalue weighted by Crippen LogP contribution is 2.26. The molecule has 0 aliphatic heterocycles. The summed E-state index contributed by atoms with van der Waals surface area (Å²) in [6, 6.07) is 9.86. The van der Waals surface area contributed by atoms with E-state index >= 15 is 0 Å². The van der Waals surface area contributed by atoms with Crippen molar-refractivity contribution >= 4 is 29.1 Å². The van der Waals surface area contributed by atoms with Gasteiger partial charge in [-0.3, -0.25) is 4.79 Å². The van der Waals surface area contributed by atoms with E-state index in [0.29, 0.717) is 21.2 Å². The predicted octanol–water partition coefficient (Wildman–Crippen LogP) is 3.83. The number of hydrogen-bond donors (Lipinski definition) is 1. The molecule has 0 unspecified atom stereocenters. The van der Waals surface area contributed by atoms with Gasteiger partial charge in [0.15, 0.2) is 0 Å². The van der Waals surface area contributed by atoms with Gasteiger partial charge in [-0.1, -0.05) is 29.3 Å². The summed E-state index contributed by atoms with van der Waals surface area (Å²) in [7, 11) is 0. The highest BCUT2D eigenvalue weighted by atomic mass is 35.5. The molecule has 140 valence electrons. The Hall–Kier alpha value is -2.64. The molecule has 1 aromatic heterocycles. The molecule has 1 heterocycles. The number of amides is 1. The molecule has 0 aliphatic carbocycles. The molecule has 0 saturated carbocycles. The van der Waals surface area contributed by atoms with E-state index in [0.717, 1.165) is 4.68 Å². The van der Waals surface area contributed by atoms with Crippen LogP contribution in [0.5, 0.6) is 0 Å². The third-order valence-electron chi connectivity index (χ3n) is 3.80. The molecule has 0 radical (unpaired) electrons. The number of rotatable bonds is 5. The minimum atomic E-state index is -0.790. The molecular formula is C18H14Cl2FN3O3. The summed E-state index contributed by atoms with van der Waals surface area (Å²) in [5.41, 5.74) is 1.11. The number of carbonyl (C=O) groups excluding carboxylic acids is 1. The van der Waals surface area contributed by atoms with Crippen molar-refractivity contribution in [1.82, 2.24) is 15.1 Å². The van der Waals surface area contributed by atoms with Gasteiger partial charge in [-0.25, -0.2) is 9.18 Å². The SMILES string of the molecule is C[C@@H](NC(=O)Cn1nc(-c2ccc(F)cc2)oc1=O)c1ccc(Cl)cc1Cl. The summed E-state index contributed by atoms with van der Waals surface area (Å²) in [4.78, 5) is 24.2. The molecule has 0 aliphatic rings. The van der Waals surface area contributed by atoms with Gasteiger partial charge in [0.05, 0.1) is 6.04 Å². The summed E-state index contributed by atoms with van der Waals surface area (Å²) >= 11 is 12.0. The monoisotopic (exact) mass is 409 g/mol. The van der Waals surface area contributed by atoms with Gasteiger partial charge in [0.2, 0.25) is 11.8 Å². The average Bonchev–Trinajstić information content (AvgIpc) is 2.95. The molecule has 1 amide bonds. The molecule has 0 spiro atoms. The Labute approximate surface area is 163 Å². The van der Waals surface area contributed by atoms with Gasteiger partial charge >= 0.3 is 5.76 Å². The maximum Gasteiger partial charge on any atom is 0.437 e. The number of benzene rings is 2. The van der Waals surface area contributed by atoms with E-state index in [4.69, 9.17) is 27.6 Å². The number of nitrogens with one attached hydrogen (secondary N) is 1. The first-order valence-corrected chi connectivity index (χ1v) is 8.67. The molecule has 2 aromatic carbocycles. The Morgan fingerprint density at radius 2 is 1.96 bits per heavy atom. The average molecular weight is 410 g/mol. The first-order valence-electron chi connectivity index (χ1n) is 7.91. The van der Waals surface area contributed by atoms with Crippen molar-refractivity contribution in [3.63, 3.8) is 0 Å². The first kappa shape index (κ1) is 19.1. The standard InChI is InChI=1S/C18H14Cl2FN3O3/c1-10(14-7-4-12(19)8-15(14)20)22-16(25)9-24-18(26)27-17(23-24)11-2-5-13(21)6-3-11/h2-8,10H,9H2,1H3,(H,22,25)/t10-/m1/s1. The van der Waals surface area contributed by atoms with Gasteiger partial charge in [-0.05, 0) is 48.9 Å². The molecule has 6 nitrogen and oxygen atoms in total. The lowest BCUT2D eigenvalue weighted by Crippen LogP contribution is -2.33. The lowest BCUT2D eigenvalue weighted by atomic mass is 10.1. The summed E-state index contributed by atoms with van der Waals surface area (Å²) in [6.07, 6.45) is 0. The normalized spacial score (nSPS) is 12.0. The van der Waals surface area contributed by atoms with E-state index < -0.39 is 23.5 Å². The van der Waals surface area contributed by atoms with Crippen LogP contribution in [0.4, 0.5) is 4.39 Å². The first-order chi connectivity index (χ1) is 12.8. The molecule has 3 rings (SSSR count). The van der Waals surface area contributed by atoms with Gasteiger partial charge in [-0.15, -0.1) is 5.10 Å². The lowest BCUT2D eigenvalue weighted by molar-refractivity contribution is -0.122. The second-order valence-corrected chi connectivity index (χ2v) is 6.64. The Bertz CT molecular complexity index is 1030. The maximum atomic E-state index is 13.0. The number of aromatic nitrogens is 2. The Kier molecular flexibility index (Phi) is 5.62. The van der Waals surface area contributed by atoms with Gasteiger partial charge in [0.25, 0.3) is 0 Å². The van der Waals surface area contributed by atoms with Crippen LogP contribution in [0.1, 0.15) is 18.5 Å². The zero-order chi connectivity index (χ0) is 19.6. The van der Waals surface area contributed by atoms with E-state index in [1.165, 1.54) is 24.3 Å². The van der Waals surface area contributed by atoms with E-state index in [9.17, 15) is 14.0 Å². The second-order valence-electron chi connectivity index (χ2n) is 5.79. The molecule has 0 fully saturated rings. The van der Waals surface area contributed by atoms with E-state index in [2.05, 4.69) is 10.4 Å². The fourth-order valence-electron chi connectivity index (χ4n) is 2.47. The van der Waals surface area contributed by atoms with Gasteiger partial charge < -0.3 is 9.73 Å². The minimum absolute atomic E-state index is 0.00148. The molecule has 0 bridgehead atoms. The van der Waals surface area contributed by atoms with Crippen LogP contribution >= 0.6 is 23.2 Å². The van der Waals surface area contributed by atoms with Gasteiger partial charge in [0, 0.05) is 15.6 Å². The smallest absolute Gasteiger partial charge is 0.388 e. The van der Waals surface area contributed by atoms with Crippen molar-refractivity contribution in [1.29, 1.82) is 0 Å². The summed E-state index contributed by atoms with van der Waals surface area (Å²) in [5.74, 6) is -1.66. The lowest BCUT2D eigenvalue weighted by Gasteiger charge is -2.15. The van der Waals surface area contributed by atoms with Crippen LogP contribution in [0.15, 0.2) is 51.7 Å². The van der Waals surface area contributed by atoms with Crippen LogP contribution in [0.2, 0.25) is 10.0 Å². The third-order valence-corrected chi connectivity index (χ3v) is 4.36. The van der Waals surface area contributed by atoms with Crippen molar-refractivity contribution in [3.05, 3.63) is 74.4 Å². The van der Waals surface area contributed by atoms with E-state index in [1.54, 1.807) is 25.1 Å². The molecule has 3 aromatic rings. The van der Waals surface area contributed by atoms with Crippen molar-refractivity contribution in [2.45, 2.75) is 19.5 Å². The van der Waals surface area contributed by atoms with Gasteiger partial charge in [-0.2, -0.15) is 4.68 Å². The Morgan fingerprint density at radius 1 is 1.26 bits per heavy atom. The minimum Gasteiger partial charge on any atom is -0.388 e. The van der Waals surface area contributed by atoms with Crippen molar-refractivity contribution in [2.75, 3.05) is 0 Å².